The SMILES string of the molecule is C=C(CCC)c1cc(-c2ccc(C)cc2)nc2c1=C(C)CN=2.CCc1ccc(NC2=CC=C(C)CC2)cc1. The Morgan fingerprint density at radius 3 is 2.29 bits per heavy atom. The molecule has 2 heterocycles. The first kappa shape index (κ1) is 27.3. The molecule has 1 aromatic heterocycles. The van der Waals surface area contributed by atoms with E-state index in [9.17, 15) is 0 Å². The van der Waals surface area contributed by atoms with Crippen LogP contribution >= 0.6 is 0 Å². The molecule has 0 radical (unpaired) electrons. The van der Waals surface area contributed by atoms with Gasteiger partial charge in [0.05, 0.1) is 12.2 Å². The summed E-state index contributed by atoms with van der Waals surface area (Å²) in [7, 11) is 0. The van der Waals surface area contributed by atoms with Crippen molar-refractivity contribution in [2.24, 2.45) is 4.99 Å². The Kier molecular flexibility index (Phi) is 9.12. The maximum atomic E-state index is 4.78. The zero-order valence-corrected chi connectivity index (χ0v) is 23.7. The van der Waals surface area contributed by atoms with Crippen LogP contribution in [0.1, 0.15) is 70.1 Å². The first-order chi connectivity index (χ1) is 18.4. The Hall–Kier alpha value is -3.72. The molecule has 2 aromatic carbocycles. The summed E-state index contributed by atoms with van der Waals surface area (Å²) in [4.78, 5) is 9.38. The van der Waals surface area contributed by atoms with Gasteiger partial charge in [0.25, 0.3) is 0 Å². The van der Waals surface area contributed by atoms with Crippen LogP contribution in [0, 0.1) is 6.92 Å². The van der Waals surface area contributed by atoms with E-state index in [1.807, 2.05) is 0 Å². The second-order valence-electron chi connectivity index (χ2n) is 10.5. The molecule has 0 atom stereocenters. The molecule has 0 unspecified atom stereocenters. The number of aromatic nitrogens is 1. The number of hydrogen-bond donors (Lipinski definition) is 1. The van der Waals surface area contributed by atoms with E-state index in [-0.39, 0.29) is 0 Å². The van der Waals surface area contributed by atoms with Crippen LogP contribution in [-0.2, 0) is 6.42 Å². The van der Waals surface area contributed by atoms with Crippen molar-refractivity contribution in [3.63, 3.8) is 0 Å². The fourth-order valence-electron chi connectivity index (χ4n) is 4.78. The van der Waals surface area contributed by atoms with Crippen molar-refractivity contribution in [1.29, 1.82) is 0 Å². The molecular weight excluding hydrogens is 462 g/mol. The molecule has 5 rings (SSSR count). The average Bonchev–Trinajstić information content (AvgIpc) is 3.31. The molecule has 0 saturated heterocycles. The van der Waals surface area contributed by atoms with E-state index in [1.165, 1.54) is 56.4 Å². The summed E-state index contributed by atoms with van der Waals surface area (Å²) in [6, 6.07) is 19.4. The maximum absolute atomic E-state index is 4.78. The van der Waals surface area contributed by atoms with Gasteiger partial charge in [-0.1, -0.05) is 80.5 Å². The van der Waals surface area contributed by atoms with Gasteiger partial charge in [-0.2, -0.15) is 0 Å². The van der Waals surface area contributed by atoms with Crippen molar-refractivity contribution in [1.82, 2.24) is 4.98 Å². The van der Waals surface area contributed by atoms with Gasteiger partial charge in [0.15, 0.2) is 5.49 Å². The highest BCUT2D eigenvalue weighted by Gasteiger charge is 2.13. The number of pyridine rings is 1. The zero-order chi connectivity index (χ0) is 27.1. The zero-order valence-electron chi connectivity index (χ0n) is 23.7. The molecule has 1 aliphatic heterocycles. The van der Waals surface area contributed by atoms with Crippen LogP contribution in [0.25, 0.3) is 22.4 Å². The summed E-state index contributed by atoms with van der Waals surface area (Å²) in [5, 5.41) is 4.67. The lowest BCUT2D eigenvalue weighted by Gasteiger charge is -2.14. The van der Waals surface area contributed by atoms with E-state index < -0.39 is 0 Å². The third-order valence-corrected chi connectivity index (χ3v) is 7.20. The summed E-state index contributed by atoms with van der Waals surface area (Å²) < 4.78 is 0. The lowest BCUT2D eigenvalue weighted by atomic mass is 9.98. The smallest absolute Gasteiger partial charge is 0.156 e. The van der Waals surface area contributed by atoms with Crippen LogP contribution in [0.2, 0.25) is 0 Å². The van der Waals surface area contributed by atoms with Crippen molar-refractivity contribution >= 4 is 16.8 Å². The van der Waals surface area contributed by atoms with Gasteiger partial charge in [0, 0.05) is 22.2 Å². The minimum atomic E-state index is 0.756. The Balaban J connectivity index is 0.000000186. The number of allylic oxidation sites excluding steroid dienone is 5. The number of anilines is 1. The molecule has 0 fully saturated rings. The monoisotopic (exact) mass is 503 g/mol. The van der Waals surface area contributed by atoms with Gasteiger partial charge >= 0.3 is 0 Å². The first-order valence-corrected chi connectivity index (χ1v) is 13.9. The quantitative estimate of drug-likeness (QED) is 0.355. The minimum absolute atomic E-state index is 0.756. The van der Waals surface area contributed by atoms with E-state index in [2.05, 4.69) is 118 Å². The van der Waals surface area contributed by atoms with Crippen molar-refractivity contribution in [2.75, 3.05) is 11.9 Å². The Bertz CT molecular complexity index is 1470. The fraction of sp³-hybridized carbons (Fsp3) is 0.314. The molecule has 0 saturated carbocycles. The second-order valence-corrected chi connectivity index (χ2v) is 10.5. The molecule has 1 N–H and O–H groups in total. The number of benzene rings is 2. The third-order valence-electron chi connectivity index (χ3n) is 7.20. The number of fused-ring (bicyclic) bond motifs is 1. The molecule has 0 spiro atoms. The van der Waals surface area contributed by atoms with Crippen molar-refractivity contribution < 1.29 is 0 Å². The van der Waals surface area contributed by atoms with Gasteiger partial charge in [-0.25, -0.2) is 4.98 Å². The van der Waals surface area contributed by atoms with Crippen LogP contribution in [0.4, 0.5) is 5.69 Å². The Morgan fingerprint density at radius 2 is 1.66 bits per heavy atom. The predicted octanol–water partition coefficient (Wildman–Crippen LogP) is 7.96. The van der Waals surface area contributed by atoms with Gasteiger partial charge in [-0.05, 0) is 93.0 Å². The third kappa shape index (κ3) is 6.77. The largest absolute Gasteiger partial charge is 0.359 e. The van der Waals surface area contributed by atoms with E-state index >= 15 is 0 Å². The van der Waals surface area contributed by atoms with Gasteiger partial charge in [-0.3, -0.25) is 4.99 Å². The van der Waals surface area contributed by atoms with Gasteiger partial charge in [0.2, 0.25) is 0 Å². The van der Waals surface area contributed by atoms with Crippen LogP contribution in [0.3, 0.4) is 0 Å². The number of rotatable bonds is 7. The predicted molar refractivity (Wildman–Crippen MR) is 164 cm³/mol. The molecule has 2 aliphatic rings. The minimum Gasteiger partial charge on any atom is -0.359 e. The van der Waals surface area contributed by atoms with Gasteiger partial charge < -0.3 is 5.32 Å². The van der Waals surface area contributed by atoms with Crippen LogP contribution < -0.4 is 16.0 Å². The fourth-order valence-corrected chi connectivity index (χ4v) is 4.78. The molecule has 0 amide bonds. The number of aryl methyl sites for hydroxylation is 2. The Labute approximate surface area is 228 Å². The topological polar surface area (TPSA) is 37.3 Å². The molecule has 3 nitrogen and oxygen atoms in total. The molecule has 0 bridgehead atoms. The van der Waals surface area contributed by atoms with E-state index in [4.69, 9.17) is 4.98 Å². The van der Waals surface area contributed by atoms with Crippen molar-refractivity contribution in [2.45, 2.75) is 66.7 Å². The maximum Gasteiger partial charge on any atom is 0.156 e. The van der Waals surface area contributed by atoms with E-state index in [0.717, 1.165) is 49.0 Å². The molecule has 38 heavy (non-hydrogen) atoms. The van der Waals surface area contributed by atoms with Gasteiger partial charge in [0.1, 0.15) is 0 Å². The Morgan fingerprint density at radius 1 is 0.921 bits per heavy atom. The number of nitrogens with zero attached hydrogens (tertiary/aromatic N) is 2. The molecule has 3 aromatic rings. The summed E-state index contributed by atoms with van der Waals surface area (Å²) in [5.74, 6) is 0. The van der Waals surface area contributed by atoms with E-state index in [1.54, 1.807) is 0 Å². The highest BCUT2D eigenvalue weighted by atomic mass is 14.9. The summed E-state index contributed by atoms with van der Waals surface area (Å²) in [5.41, 5.74) is 13.3. The van der Waals surface area contributed by atoms with Crippen LogP contribution in [0.5, 0.6) is 0 Å². The standard InChI is InChI=1S/C20H22N2.C15H19N/c1-5-6-14(3)17-11-18(16-9-7-13(2)8-10-16)22-20-19(17)15(4)12-21-20;1-3-13-6-10-15(11-7-13)16-14-8-4-12(2)5-9-14/h7-11H,3,5-6,12H2,1-2,4H3;4,6-8,10-11,16H,3,5,9H2,1-2H3. The highest BCUT2D eigenvalue weighted by Crippen LogP contribution is 2.22. The van der Waals surface area contributed by atoms with Gasteiger partial charge in [-0.15, -0.1) is 0 Å². The molecule has 1 aliphatic carbocycles. The van der Waals surface area contributed by atoms with Crippen molar-refractivity contribution in [3.05, 3.63) is 112 Å². The number of nitrogens with one attached hydrogen (secondary N) is 1. The highest BCUT2D eigenvalue weighted by molar-refractivity contribution is 5.72. The molecular formula is C35H41N3. The van der Waals surface area contributed by atoms with Crippen LogP contribution in [0.15, 0.2) is 89.6 Å². The summed E-state index contributed by atoms with van der Waals surface area (Å²) in [6.07, 6.45) is 9.90. The molecule has 3 heteroatoms. The van der Waals surface area contributed by atoms with E-state index in [0.29, 0.717) is 0 Å². The normalized spacial score (nSPS) is 14.0. The average molecular weight is 504 g/mol. The lowest BCUT2D eigenvalue weighted by Crippen LogP contribution is -2.30. The first-order valence-electron chi connectivity index (χ1n) is 13.9. The number of hydrogen-bond acceptors (Lipinski definition) is 3. The van der Waals surface area contributed by atoms with Crippen molar-refractivity contribution in [3.8, 4) is 11.3 Å². The van der Waals surface area contributed by atoms with Crippen LogP contribution in [-0.4, -0.2) is 11.5 Å². The summed E-state index contributed by atoms with van der Waals surface area (Å²) in [6.45, 7) is 15.8. The lowest BCUT2D eigenvalue weighted by molar-refractivity contribution is 0.910. The molecule has 196 valence electrons. The second kappa shape index (κ2) is 12.7. The summed E-state index contributed by atoms with van der Waals surface area (Å²) >= 11 is 0.